The summed E-state index contributed by atoms with van der Waals surface area (Å²) in [5.74, 6) is 0. The molecule has 1 atom stereocenters. The molecule has 2 heterocycles. The highest BCUT2D eigenvalue weighted by molar-refractivity contribution is 6.30. The smallest absolute Gasteiger partial charge is 0.131 e. The van der Waals surface area contributed by atoms with Crippen molar-refractivity contribution in [1.29, 1.82) is 0 Å². The molecule has 0 amide bonds. The van der Waals surface area contributed by atoms with Crippen LogP contribution in [0.2, 0.25) is 5.15 Å². The molecule has 0 unspecified atom stereocenters. The molecule has 0 aliphatic heterocycles. The molecule has 18 heavy (non-hydrogen) atoms. The molecule has 1 N–H and O–H groups in total. The van der Waals surface area contributed by atoms with Gasteiger partial charge < -0.3 is 5.32 Å². The first kappa shape index (κ1) is 13.1. The van der Waals surface area contributed by atoms with Crippen molar-refractivity contribution in [3.8, 4) is 0 Å². The maximum absolute atomic E-state index is 6.18. The van der Waals surface area contributed by atoms with Gasteiger partial charge in [0.2, 0.25) is 0 Å². The lowest BCUT2D eigenvalue weighted by Crippen LogP contribution is -2.30. The molecule has 5 nitrogen and oxygen atoms in total. The third-order valence-electron chi connectivity index (χ3n) is 2.92. The van der Waals surface area contributed by atoms with Gasteiger partial charge in [-0.15, -0.1) is 0 Å². The second-order valence-electron chi connectivity index (χ2n) is 4.49. The van der Waals surface area contributed by atoms with Crippen LogP contribution in [0.25, 0.3) is 0 Å². The topological polar surface area (TPSA) is 47.7 Å². The van der Waals surface area contributed by atoms with Crippen molar-refractivity contribution in [2.75, 3.05) is 0 Å². The molecular formula is C12H18ClN5. The third-order valence-corrected chi connectivity index (χ3v) is 3.39. The zero-order valence-corrected chi connectivity index (χ0v) is 11.6. The van der Waals surface area contributed by atoms with Crippen molar-refractivity contribution < 1.29 is 0 Å². The van der Waals surface area contributed by atoms with E-state index < -0.39 is 0 Å². The van der Waals surface area contributed by atoms with E-state index in [1.165, 1.54) is 0 Å². The Bertz CT molecular complexity index is 503. The van der Waals surface area contributed by atoms with Gasteiger partial charge in [-0.2, -0.15) is 10.2 Å². The first-order chi connectivity index (χ1) is 8.58. The largest absolute Gasteiger partial charge is 0.308 e. The number of hydrogen-bond acceptors (Lipinski definition) is 3. The summed E-state index contributed by atoms with van der Waals surface area (Å²) in [7, 11) is 1.85. The van der Waals surface area contributed by atoms with Gasteiger partial charge in [0.15, 0.2) is 0 Å². The second kappa shape index (κ2) is 5.54. The van der Waals surface area contributed by atoms with E-state index in [2.05, 4.69) is 22.4 Å². The maximum atomic E-state index is 6.18. The summed E-state index contributed by atoms with van der Waals surface area (Å²) in [5.41, 5.74) is 2.03. The van der Waals surface area contributed by atoms with E-state index in [1.54, 1.807) is 10.9 Å². The number of rotatable bonds is 5. The quantitative estimate of drug-likeness (QED) is 0.898. The molecular weight excluding hydrogens is 250 g/mol. The van der Waals surface area contributed by atoms with E-state index in [1.807, 2.05) is 30.9 Å². The second-order valence-corrected chi connectivity index (χ2v) is 4.85. The fourth-order valence-corrected chi connectivity index (χ4v) is 2.15. The van der Waals surface area contributed by atoms with Crippen LogP contribution in [0.15, 0.2) is 18.5 Å². The average Bonchev–Trinajstić information content (AvgIpc) is 2.88. The van der Waals surface area contributed by atoms with Gasteiger partial charge in [-0.1, -0.05) is 11.6 Å². The van der Waals surface area contributed by atoms with Gasteiger partial charge in [-0.3, -0.25) is 9.36 Å². The van der Waals surface area contributed by atoms with Crippen molar-refractivity contribution in [2.45, 2.75) is 33.0 Å². The van der Waals surface area contributed by atoms with E-state index in [-0.39, 0.29) is 0 Å². The summed E-state index contributed by atoms with van der Waals surface area (Å²) in [4.78, 5) is 0. The van der Waals surface area contributed by atoms with Crippen molar-refractivity contribution in [3.05, 3.63) is 34.9 Å². The van der Waals surface area contributed by atoms with Crippen LogP contribution < -0.4 is 5.32 Å². The van der Waals surface area contributed by atoms with E-state index in [0.29, 0.717) is 11.2 Å². The first-order valence-corrected chi connectivity index (χ1v) is 6.34. The molecule has 0 aliphatic carbocycles. The van der Waals surface area contributed by atoms with Gasteiger partial charge in [0.25, 0.3) is 0 Å². The van der Waals surface area contributed by atoms with Crippen LogP contribution in [0.1, 0.15) is 18.2 Å². The number of hydrogen-bond donors (Lipinski definition) is 1. The summed E-state index contributed by atoms with van der Waals surface area (Å²) < 4.78 is 3.61. The average molecular weight is 268 g/mol. The zero-order chi connectivity index (χ0) is 13.1. The highest BCUT2D eigenvalue weighted by Gasteiger charge is 2.12. The molecule has 0 bridgehead atoms. The monoisotopic (exact) mass is 267 g/mol. The molecule has 2 rings (SSSR count). The first-order valence-electron chi connectivity index (χ1n) is 5.96. The Hall–Kier alpha value is -1.33. The predicted octanol–water partition coefficient (Wildman–Crippen LogP) is 1.76. The van der Waals surface area contributed by atoms with E-state index in [4.69, 9.17) is 11.6 Å². The van der Waals surface area contributed by atoms with Gasteiger partial charge in [-0.25, -0.2) is 0 Å². The summed E-state index contributed by atoms with van der Waals surface area (Å²) in [6, 6.07) is 2.25. The van der Waals surface area contributed by atoms with Crippen LogP contribution in [0.5, 0.6) is 0 Å². The minimum atomic E-state index is 0.320. The number of aromatic nitrogens is 4. The molecule has 0 fully saturated rings. The Kier molecular flexibility index (Phi) is 4.04. The Morgan fingerprint density at radius 2 is 2.28 bits per heavy atom. The Balaban J connectivity index is 1.91. The number of nitrogens with zero attached hydrogens (tertiary/aromatic N) is 4. The molecule has 2 aromatic heterocycles. The van der Waals surface area contributed by atoms with Crippen molar-refractivity contribution >= 4 is 11.6 Å². The van der Waals surface area contributed by atoms with Crippen molar-refractivity contribution in [1.82, 2.24) is 24.9 Å². The van der Waals surface area contributed by atoms with Crippen molar-refractivity contribution in [3.63, 3.8) is 0 Å². The normalized spacial score (nSPS) is 12.9. The number of halogens is 1. The van der Waals surface area contributed by atoms with Crippen LogP contribution in [-0.4, -0.2) is 25.6 Å². The lowest BCUT2D eigenvalue weighted by Gasteiger charge is -2.13. The fourth-order valence-electron chi connectivity index (χ4n) is 1.90. The lowest BCUT2D eigenvalue weighted by atomic mass is 10.2. The van der Waals surface area contributed by atoms with Crippen LogP contribution in [-0.2, 0) is 20.1 Å². The fraction of sp³-hybridized carbons (Fsp3) is 0.500. The Morgan fingerprint density at radius 3 is 2.83 bits per heavy atom. The SMILES string of the molecule is Cc1nn(C)c(Cl)c1CN[C@@H](C)Cn1cccn1. The zero-order valence-electron chi connectivity index (χ0n) is 10.9. The van der Waals surface area contributed by atoms with Crippen LogP contribution in [0.4, 0.5) is 0 Å². The lowest BCUT2D eigenvalue weighted by molar-refractivity contribution is 0.450. The van der Waals surface area contributed by atoms with Crippen LogP contribution >= 0.6 is 11.6 Å². The molecule has 0 saturated carbocycles. The summed E-state index contributed by atoms with van der Waals surface area (Å²) in [5, 5.41) is 12.6. The van der Waals surface area contributed by atoms with Gasteiger partial charge >= 0.3 is 0 Å². The minimum absolute atomic E-state index is 0.320. The maximum Gasteiger partial charge on any atom is 0.131 e. The van der Waals surface area contributed by atoms with E-state index in [0.717, 1.165) is 24.3 Å². The van der Waals surface area contributed by atoms with Gasteiger partial charge in [0, 0.05) is 37.6 Å². The van der Waals surface area contributed by atoms with Gasteiger partial charge in [-0.05, 0) is 19.9 Å². The molecule has 0 spiro atoms. The standard InChI is InChI=1S/C12H18ClN5/c1-9(8-18-6-4-5-15-18)14-7-11-10(2)16-17(3)12(11)13/h4-6,9,14H,7-8H2,1-3H3/t9-/m0/s1. The Labute approximate surface area is 112 Å². The highest BCUT2D eigenvalue weighted by Crippen LogP contribution is 2.18. The molecule has 98 valence electrons. The highest BCUT2D eigenvalue weighted by atomic mass is 35.5. The number of nitrogens with one attached hydrogen (secondary N) is 1. The molecule has 6 heteroatoms. The molecule has 0 aliphatic rings. The Morgan fingerprint density at radius 1 is 1.50 bits per heavy atom. The number of aryl methyl sites for hydroxylation is 2. The van der Waals surface area contributed by atoms with E-state index >= 15 is 0 Å². The van der Waals surface area contributed by atoms with Gasteiger partial charge in [0.1, 0.15) is 5.15 Å². The molecule has 0 aromatic carbocycles. The predicted molar refractivity (Wildman–Crippen MR) is 71.5 cm³/mol. The summed E-state index contributed by atoms with van der Waals surface area (Å²) in [6.07, 6.45) is 3.75. The molecule has 2 aromatic rings. The van der Waals surface area contributed by atoms with E-state index in [9.17, 15) is 0 Å². The van der Waals surface area contributed by atoms with Crippen LogP contribution in [0, 0.1) is 6.92 Å². The molecule has 0 radical (unpaired) electrons. The summed E-state index contributed by atoms with van der Waals surface area (Å²) >= 11 is 6.18. The third kappa shape index (κ3) is 2.91. The molecule has 0 saturated heterocycles. The summed E-state index contributed by atoms with van der Waals surface area (Å²) in [6.45, 7) is 5.66. The van der Waals surface area contributed by atoms with Gasteiger partial charge in [0.05, 0.1) is 12.2 Å². The minimum Gasteiger partial charge on any atom is -0.308 e. The van der Waals surface area contributed by atoms with Crippen LogP contribution in [0.3, 0.4) is 0 Å². The van der Waals surface area contributed by atoms with Crippen molar-refractivity contribution in [2.24, 2.45) is 7.05 Å².